The Kier molecular flexibility index (Phi) is 1.53. The summed E-state index contributed by atoms with van der Waals surface area (Å²) in [4.78, 5) is 10.9. The standard InChI is InChI=1S/C6H8N4O/c1-6(2,3-7)10-4-8-9-5(10)11/h4H,1-2H3,(H,9,11). The van der Waals surface area contributed by atoms with Gasteiger partial charge in [0.05, 0.1) is 6.07 Å². The fourth-order valence-electron chi connectivity index (χ4n) is 0.700. The second kappa shape index (κ2) is 2.23. The van der Waals surface area contributed by atoms with Gasteiger partial charge in [-0.15, -0.1) is 0 Å². The molecule has 0 amide bonds. The summed E-state index contributed by atoms with van der Waals surface area (Å²) in [5.41, 5.74) is -1.19. The molecule has 0 aliphatic rings. The maximum atomic E-state index is 10.9. The summed E-state index contributed by atoms with van der Waals surface area (Å²) in [6.45, 7) is 3.29. The first-order chi connectivity index (χ1) is 5.08. The summed E-state index contributed by atoms with van der Waals surface area (Å²) in [6.07, 6.45) is 1.31. The molecule has 58 valence electrons. The van der Waals surface area contributed by atoms with Crippen molar-refractivity contribution in [3.05, 3.63) is 16.8 Å². The van der Waals surface area contributed by atoms with E-state index in [1.807, 2.05) is 6.07 Å². The molecule has 0 atom stereocenters. The number of hydrogen-bond donors (Lipinski definition) is 1. The lowest BCUT2D eigenvalue weighted by molar-refractivity contribution is 0.453. The van der Waals surface area contributed by atoms with E-state index in [1.54, 1.807) is 13.8 Å². The molecule has 5 nitrogen and oxygen atoms in total. The van der Waals surface area contributed by atoms with Gasteiger partial charge < -0.3 is 0 Å². The van der Waals surface area contributed by atoms with Gasteiger partial charge in [-0.25, -0.2) is 9.89 Å². The summed E-state index contributed by atoms with van der Waals surface area (Å²) in [7, 11) is 0. The highest BCUT2D eigenvalue weighted by molar-refractivity contribution is 4.98. The number of nitrogens with zero attached hydrogens (tertiary/aromatic N) is 3. The summed E-state index contributed by atoms with van der Waals surface area (Å²) in [5.74, 6) is 0. The van der Waals surface area contributed by atoms with Gasteiger partial charge in [-0.2, -0.15) is 10.4 Å². The zero-order valence-corrected chi connectivity index (χ0v) is 6.33. The van der Waals surface area contributed by atoms with Crippen molar-refractivity contribution in [3.63, 3.8) is 0 Å². The Morgan fingerprint density at radius 3 is 2.82 bits per heavy atom. The Labute approximate surface area is 63.3 Å². The normalized spacial score (nSPS) is 11.0. The predicted molar refractivity (Wildman–Crippen MR) is 37.8 cm³/mol. The van der Waals surface area contributed by atoms with Crippen LogP contribution in [0, 0.1) is 11.3 Å². The molecule has 0 saturated heterocycles. The lowest BCUT2D eigenvalue weighted by atomic mass is 10.1. The molecule has 1 N–H and O–H groups in total. The highest BCUT2D eigenvalue weighted by Crippen LogP contribution is 2.08. The Morgan fingerprint density at radius 2 is 2.45 bits per heavy atom. The van der Waals surface area contributed by atoms with Crippen LogP contribution < -0.4 is 5.69 Å². The van der Waals surface area contributed by atoms with Crippen LogP contribution in [0.25, 0.3) is 0 Å². The summed E-state index contributed by atoms with van der Waals surface area (Å²) < 4.78 is 1.24. The van der Waals surface area contributed by atoms with Crippen LogP contribution in [0.2, 0.25) is 0 Å². The van der Waals surface area contributed by atoms with Crippen LogP contribution in [0.15, 0.2) is 11.1 Å². The molecule has 0 radical (unpaired) electrons. The molecule has 0 unspecified atom stereocenters. The molecule has 5 heteroatoms. The second-order valence-corrected chi connectivity index (χ2v) is 2.70. The third-order valence-electron chi connectivity index (χ3n) is 1.43. The van der Waals surface area contributed by atoms with Crippen molar-refractivity contribution in [2.24, 2.45) is 0 Å². The minimum absolute atomic E-state index is 0.364. The number of hydrogen-bond acceptors (Lipinski definition) is 3. The van der Waals surface area contributed by atoms with Gasteiger partial charge >= 0.3 is 5.69 Å². The van der Waals surface area contributed by atoms with E-state index in [0.29, 0.717) is 0 Å². The maximum absolute atomic E-state index is 10.9. The molecule has 1 rings (SSSR count). The first-order valence-corrected chi connectivity index (χ1v) is 3.11. The van der Waals surface area contributed by atoms with Gasteiger partial charge in [0.1, 0.15) is 11.9 Å². The number of rotatable bonds is 1. The van der Waals surface area contributed by atoms with Gasteiger partial charge in [-0.05, 0) is 13.8 Å². The van der Waals surface area contributed by atoms with Crippen LogP contribution in [0.4, 0.5) is 0 Å². The molecular formula is C6H8N4O. The monoisotopic (exact) mass is 152 g/mol. The van der Waals surface area contributed by atoms with E-state index in [4.69, 9.17) is 5.26 Å². The first kappa shape index (κ1) is 7.54. The van der Waals surface area contributed by atoms with Crippen LogP contribution in [0.3, 0.4) is 0 Å². The highest BCUT2D eigenvalue weighted by atomic mass is 16.1. The van der Waals surface area contributed by atoms with Crippen molar-refractivity contribution in [1.29, 1.82) is 5.26 Å². The van der Waals surface area contributed by atoms with Crippen molar-refractivity contribution < 1.29 is 0 Å². The number of H-pyrrole nitrogens is 1. The molecule has 1 aromatic rings. The van der Waals surface area contributed by atoms with E-state index in [2.05, 4.69) is 10.2 Å². The predicted octanol–water partition coefficient (Wildman–Crippen LogP) is -0.170. The van der Waals surface area contributed by atoms with Gasteiger partial charge in [-0.3, -0.25) is 4.57 Å². The average molecular weight is 152 g/mol. The van der Waals surface area contributed by atoms with E-state index in [0.717, 1.165) is 0 Å². The van der Waals surface area contributed by atoms with Crippen LogP contribution in [0.5, 0.6) is 0 Å². The molecule has 0 saturated carbocycles. The smallest absolute Gasteiger partial charge is 0.263 e. The van der Waals surface area contributed by atoms with Crippen molar-refractivity contribution >= 4 is 0 Å². The molecule has 0 aromatic carbocycles. The fraction of sp³-hybridized carbons (Fsp3) is 0.500. The zero-order chi connectivity index (χ0) is 8.48. The van der Waals surface area contributed by atoms with Gasteiger partial charge in [-0.1, -0.05) is 0 Å². The van der Waals surface area contributed by atoms with Gasteiger partial charge in [0.25, 0.3) is 0 Å². The topological polar surface area (TPSA) is 74.5 Å². The molecule has 0 fully saturated rings. The van der Waals surface area contributed by atoms with Crippen molar-refractivity contribution in [2.45, 2.75) is 19.4 Å². The number of aromatic nitrogens is 3. The lowest BCUT2D eigenvalue weighted by Crippen LogP contribution is -2.32. The van der Waals surface area contributed by atoms with Crippen LogP contribution in [-0.2, 0) is 5.54 Å². The van der Waals surface area contributed by atoms with Crippen molar-refractivity contribution in [3.8, 4) is 6.07 Å². The third kappa shape index (κ3) is 1.15. The van der Waals surface area contributed by atoms with Gasteiger partial charge in [0.15, 0.2) is 0 Å². The van der Waals surface area contributed by atoms with E-state index in [1.165, 1.54) is 10.9 Å². The maximum Gasteiger partial charge on any atom is 0.344 e. The van der Waals surface area contributed by atoms with Crippen LogP contribution in [0.1, 0.15) is 13.8 Å². The summed E-state index contributed by atoms with van der Waals surface area (Å²) in [5, 5.41) is 14.4. The third-order valence-corrected chi connectivity index (χ3v) is 1.43. The molecule has 1 aromatic heterocycles. The van der Waals surface area contributed by atoms with Crippen LogP contribution >= 0.6 is 0 Å². The summed E-state index contributed by atoms with van der Waals surface area (Å²) in [6, 6.07) is 1.99. The van der Waals surface area contributed by atoms with E-state index < -0.39 is 5.54 Å². The molecule has 11 heavy (non-hydrogen) atoms. The molecule has 0 aliphatic heterocycles. The van der Waals surface area contributed by atoms with Crippen LogP contribution in [-0.4, -0.2) is 14.8 Å². The fourth-order valence-corrected chi connectivity index (χ4v) is 0.700. The van der Waals surface area contributed by atoms with Gasteiger partial charge in [0, 0.05) is 0 Å². The minimum atomic E-state index is -0.829. The van der Waals surface area contributed by atoms with E-state index in [-0.39, 0.29) is 5.69 Å². The highest BCUT2D eigenvalue weighted by Gasteiger charge is 2.20. The SMILES string of the molecule is CC(C)(C#N)n1cn[nH]c1=O. The quantitative estimate of drug-likeness (QED) is 0.607. The Hall–Kier alpha value is -1.57. The average Bonchev–Trinajstić information content (AvgIpc) is 2.36. The van der Waals surface area contributed by atoms with Gasteiger partial charge in [0.2, 0.25) is 0 Å². The first-order valence-electron chi connectivity index (χ1n) is 3.11. The largest absolute Gasteiger partial charge is 0.344 e. The molecular weight excluding hydrogens is 144 g/mol. The van der Waals surface area contributed by atoms with E-state index >= 15 is 0 Å². The van der Waals surface area contributed by atoms with E-state index in [9.17, 15) is 4.79 Å². The molecule has 0 spiro atoms. The Balaban J connectivity index is 3.24. The second-order valence-electron chi connectivity index (χ2n) is 2.70. The summed E-state index contributed by atoms with van der Waals surface area (Å²) >= 11 is 0. The van der Waals surface area contributed by atoms with Crippen molar-refractivity contribution in [1.82, 2.24) is 14.8 Å². The zero-order valence-electron chi connectivity index (χ0n) is 6.33. The molecule has 1 heterocycles. The lowest BCUT2D eigenvalue weighted by Gasteiger charge is -2.13. The Bertz CT molecular complexity index is 340. The number of nitriles is 1. The van der Waals surface area contributed by atoms with Crippen molar-refractivity contribution in [2.75, 3.05) is 0 Å². The number of nitrogens with one attached hydrogen (secondary N) is 1. The minimum Gasteiger partial charge on any atom is -0.263 e. The molecule has 0 aliphatic carbocycles. The Morgan fingerprint density at radius 1 is 1.82 bits per heavy atom. The molecule has 0 bridgehead atoms. The number of aromatic amines is 1.